The van der Waals surface area contributed by atoms with E-state index in [1.54, 1.807) is 24.3 Å². The zero-order valence-electron chi connectivity index (χ0n) is 14.9. The van der Waals surface area contributed by atoms with Crippen molar-refractivity contribution in [1.29, 1.82) is 0 Å². The quantitative estimate of drug-likeness (QED) is 0.553. The number of phenols is 1. The van der Waals surface area contributed by atoms with E-state index in [9.17, 15) is 9.90 Å². The zero-order valence-corrected chi connectivity index (χ0v) is 14.9. The molecule has 4 aromatic rings. The van der Waals surface area contributed by atoms with Crippen LogP contribution in [0.15, 0.2) is 79.1 Å². The van der Waals surface area contributed by atoms with E-state index in [-0.39, 0.29) is 18.3 Å². The van der Waals surface area contributed by atoms with Crippen molar-refractivity contribution in [3.8, 4) is 22.9 Å². The van der Waals surface area contributed by atoms with Gasteiger partial charge in [-0.1, -0.05) is 42.5 Å². The van der Waals surface area contributed by atoms with E-state index >= 15 is 0 Å². The van der Waals surface area contributed by atoms with Gasteiger partial charge in [0.05, 0.1) is 18.1 Å². The molecule has 0 unspecified atom stereocenters. The largest absolute Gasteiger partial charge is 0.508 e. The molecule has 28 heavy (non-hydrogen) atoms. The Labute approximate surface area is 161 Å². The molecule has 2 N–H and O–H groups in total. The average molecular weight is 371 g/mol. The fourth-order valence-corrected chi connectivity index (χ4v) is 2.79. The summed E-state index contributed by atoms with van der Waals surface area (Å²) in [6.45, 7) is -0.118. The van der Waals surface area contributed by atoms with Crippen molar-refractivity contribution in [3.63, 3.8) is 0 Å². The number of amides is 1. The van der Waals surface area contributed by atoms with Crippen molar-refractivity contribution < 1.29 is 14.6 Å². The molecule has 0 saturated carbocycles. The Bertz CT molecular complexity index is 1130. The van der Waals surface area contributed by atoms with Crippen molar-refractivity contribution in [2.45, 2.75) is 0 Å². The van der Waals surface area contributed by atoms with Crippen LogP contribution in [0.1, 0.15) is 0 Å². The molecule has 1 amide bonds. The Kier molecular flexibility index (Phi) is 4.84. The molecule has 1 aromatic heterocycles. The molecule has 0 atom stereocenters. The lowest BCUT2D eigenvalue weighted by molar-refractivity contribution is -0.118. The van der Waals surface area contributed by atoms with Gasteiger partial charge in [0.1, 0.15) is 11.5 Å². The molecule has 1 heterocycles. The van der Waals surface area contributed by atoms with E-state index in [4.69, 9.17) is 4.74 Å². The number of fused-ring (bicyclic) bond motifs is 1. The van der Waals surface area contributed by atoms with Gasteiger partial charge in [0.25, 0.3) is 5.91 Å². The summed E-state index contributed by atoms with van der Waals surface area (Å²) in [5, 5.41) is 14.4. The van der Waals surface area contributed by atoms with Crippen LogP contribution >= 0.6 is 0 Å². The molecule has 0 bridgehead atoms. The Morgan fingerprint density at radius 1 is 0.929 bits per heavy atom. The molecule has 6 heteroatoms. The van der Waals surface area contributed by atoms with Crippen LogP contribution in [-0.2, 0) is 4.79 Å². The van der Waals surface area contributed by atoms with Gasteiger partial charge >= 0.3 is 0 Å². The molecular formula is C22H17N3O3. The minimum atomic E-state index is -0.304. The SMILES string of the molecule is O=C(COc1ccc2ccccc2c1)Nc1cnc(-c2cccc(O)c2)nc1. The van der Waals surface area contributed by atoms with E-state index < -0.39 is 0 Å². The first-order chi connectivity index (χ1) is 13.7. The molecule has 0 aliphatic heterocycles. The number of benzene rings is 3. The normalized spacial score (nSPS) is 10.6. The number of carbonyl (C=O) groups is 1. The van der Waals surface area contributed by atoms with Crippen molar-refractivity contribution in [2.24, 2.45) is 0 Å². The lowest BCUT2D eigenvalue weighted by Gasteiger charge is -2.08. The maximum absolute atomic E-state index is 12.1. The summed E-state index contributed by atoms with van der Waals surface area (Å²) < 4.78 is 5.57. The molecule has 0 fully saturated rings. The predicted molar refractivity (Wildman–Crippen MR) is 107 cm³/mol. The number of hydrogen-bond donors (Lipinski definition) is 2. The average Bonchev–Trinajstić information content (AvgIpc) is 2.73. The smallest absolute Gasteiger partial charge is 0.262 e. The van der Waals surface area contributed by atoms with Crippen LogP contribution in [-0.4, -0.2) is 27.6 Å². The van der Waals surface area contributed by atoms with Gasteiger partial charge in [0, 0.05) is 5.56 Å². The second kappa shape index (κ2) is 7.75. The van der Waals surface area contributed by atoms with E-state index in [0.717, 1.165) is 10.8 Å². The summed E-state index contributed by atoms with van der Waals surface area (Å²) >= 11 is 0. The molecule has 138 valence electrons. The van der Waals surface area contributed by atoms with Crippen LogP contribution in [0.2, 0.25) is 0 Å². The number of rotatable bonds is 5. The molecule has 0 spiro atoms. The Morgan fingerprint density at radius 3 is 2.50 bits per heavy atom. The third-order valence-electron chi connectivity index (χ3n) is 4.13. The highest BCUT2D eigenvalue weighted by atomic mass is 16.5. The topological polar surface area (TPSA) is 84.3 Å². The molecule has 0 radical (unpaired) electrons. The summed E-state index contributed by atoms with van der Waals surface area (Å²) in [5.41, 5.74) is 1.16. The van der Waals surface area contributed by atoms with E-state index in [0.29, 0.717) is 22.8 Å². The third kappa shape index (κ3) is 4.07. The van der Waals surface area contributed by atoms with Crippen LogP contribution < -0.4 is 10.1 Å². The fourth-order valence-electron chi connectivity index (χ4n) is 2.79. The monoisotopic (exact) mass is 371 g/mol. The number of carbonyl (C=O) groups excluding carboxylic acids is 1. The number of anilines is 1. The van der Waals surface area contributed by atoms with Crippen molar-refractivity contribution in [2.75, 3.05) is 11.9 Å². The van der Waals surface area contributed by atoms with Crippen LogP contribution in [0.5, 0.6) is 11.5 Å². The highest BCUT2D eigenvalue weighted by molar-refractivity contribution is 5.91. The van der Waals surface area contributed by atoms with Gasteiger partial charge < -0.3 is 15.2 Å². The maximum Gasteiger partial charge on any atom is 0.262 e. The molecule has 0 aliphatic rings. The number of ether oxygens (including phenoxy) is 1. The minimum Gasteiger partial charge on any atom is -0.508 e. The summed E-state index contributed by atoms with van der Waals surface area (Å²) in [5.74, 6) is 0.928. The maximum atomic E-state index is 12.1. The number of nitrogens with zero attached hydrogens (tertiary/aromatic N) is 2. The van der Waals surface area contributed by atoms with Gasteiger partial charge in [-0.2, -0.15) is 0 Å². The predicted octanol–water partition coefficient (Wildman–Crippen LogP) is 4.02. The molecule has 3 aromatic carbocycles. The molecule has 0 saturated heterocycles. The first-order valence-corrected chi connectivity index (χ1v) is 8.70. The standard InChI is InChI=1S/C22H17N3O3/c26-19-7-3-6-17(10-19)22-23-12-18(13-24-22)25-21(27)14-28-20-9-8-15-4-1-2-5-16(15)11-20/h1-13,26H,14H2,(H,25,27). The molecule has 0 aliphatic carbocycles. The summed E-state index contributed by atoms with van der Waals surface area (Å²) in [6, 6.07) is 20.3. The van der Waals surface area contributed by atoms with Crippen LogP contribution in [0.25, 0.3) is 22.2 Å². The first-order valence-electron chi connectivity index (χ1n) is 8.70. The Balaban J connectivity index is 1.36. The number of aromatic nitrogens is 2. The Hall–Kier alpha value is -3.93. The highest BCUT2D eigenvalue weighted by Crippen LogP contribution is 2.21. The van der Waals surface area contributed by atoms with Gasteiger partial charge in [-0.05, 0) is 35.0 Å². The Morgan fingerprint density at radius 2 is 1.71 bits per heavy atom. The number of nitrogens with one attached hydrogen (secondary N) is 1. The minimum absolute atomic E-state index is 0.118. The third-order valence-corrected chi connectivity index (χ3v) is 4.13. The lowest BCUT2D eigenvalue weighted by Crippen LogP contribution is -2.20. The number of phenolic OH excluding ortho intramolecular Hbond substituents is 1. The fraction of sp³-hybridized carbons (Fsp3) is 0.0455. The summed E-state index contributed by atoms with van der Waals surface area (Å²) in [7, 11) is 0. The molecule has 4 rings (SSSR count). The van der Waals surface area contributed by atoms with Crippen LogP contribution in [0, 0.1) is 0 Å². The van der Waals surface area contributed by atoms with E-state index in [2.05, 4.69) is 15.3 Å². The summed E-state index contributed by atoms with van der Waals surface area (Å²) in [6.07, 6.45) is 3.03. The second-order valence-electron chi connectivity index (χ2n) is 6.19. The van der Waals surface area contributed by atoms with Gasteiger partial charge in [-0.15, -0.1) is 0 Å². The van der Waals surface area contributed by atoms with Crippen molar-refractivity contribution in [1.82, 2.24) is 9.97 Å². The number of aromatic hydroxyl groups is 1. The number of hydrogen-bond acceptors (Lipinski definition) is 5. The van der Waals surface area contributed by atoms with Gasteiger partial charge in [-0.25, -0.2) is 9.97 Å². The summed E-state index contributed by atoms with van der Waals surface area (Å²) in [4.78, 5) is 20.6. The van der Waals surface area contributed by atoms with E-state index in [1.165, 1.54) is 12.4 Å². The highest BCUT2D eigenvalue weighted by Gasteiger charge is 2.07. The molecular weight excluding hydrogens is 354 g/mol. The lowest BCUT2D eigenvalue weighted by atomic mass is 10.1. The van der Waals surface area contributed by atoms with Crippen molar-refractivity contribution >= 4 is 22.4 Å². The first kappa shape index (κ1) is 17.5. The van der Waals surface area contributed by atoms with Crippen LogP contribution in [0.3, 0.4) is 0 Å². The zero-order chi connectivity index (χ0) is 19.3. The van der Waals surface area contributed by atoms with Crippen LogP contribution in [0.4, 0.5) is 5.69 Å². The second-order valence-corrected chi connectivity index (χ2v) is 6.19. The van der Waals surface area contributed by atoms with Gasteiger partial charge in [-0.3, -0.25) is 4.79 Å². The van der Waals surface area contributed by atoms with Gasteiger partial charge in [0.2, 0.25) is 0 Å². The molecule has 6 nitrogen and oxygen atoms in total. The van der Waals surface area contributed by atoms with Gasteiger partial charge in [0.15, 0.2) is 12.4 Å². The van der Waals surface area contributed by atoms with E-state index in [1.807, 2.05) is 42.5 Å². The van der Waals surface area contributed by atoms with Crippen molar-refractivity contribution in [3.05, 3.63) is 79.1 Å².